The molecule has 3 aromatic rings. The number of aromatic nitrogens is 2. The number of aliphatic hydroxyl groups excluding tert-OH is 2. The van der Waals surface area contributed by atoms with Crippen molar-refractivity contribution in [3.05, 3.63) is 65.4 Å². The first-order valence-electron chi connectivity index (χ1n) is 10.5. The molecule has 1 amide bonds. The van der Waals surface area contributed by atoms with Crippen molar-refractivity contribution in [3.63, 3.8) is 0 Å². The fourth-order valence-corrected chi connectivity index (χ4v) is 3.83. The summed E-state index contributed by atoms with van der Waals surface area (Å²) in [5, 5.41) is 26.5. The molecule has 0 bridgehead atoms. The van der Waals surface area contributed by atoms with Crippen molar-refractivity contribution in [2.75, 3.05) is 11.9 Å². The molecule has 1 fully saturated rings. The number of nitrogens with zero attached hydrogens (tertiary/aromatic N) is 2. The van der Waals surface area contributed by atoms with Crippen LogP contribution in [0.2, 0.25) is 0 Å². The molecule has 4 rings (SSSR count). The van der Waals surface area contributed by atoms with E-state index in [1.165, 1.54) is 6.07 Å². The zero-order valence-electron chi connectivity index (χ0n) is 17.3. The van der Waals surface area contributed by atoms with Crippen LogP contribution in [-0.2, 0) is 0 Å². The molecule has 2 aromatic carbocycles. The number of nitrogens with one attached hydrogen (secondary N) is 2. The highest BCUT2D eigenvalue weighted by molar-refractivity contribution is 6.05. The predicted molar refractivity (Wildman–Crippen MR) is 115 cm³/mol. The van der Waals surface area contributed by atoms with Crippen molar-refractivity contribution in [1.29, 1.82) is 0 Å². The van der Waals surface area contributed by atoms with Crippen LogP contribution in [-0.4, -0.2) is 44.8 Å². The van der Waals surface area contributed by atoms with Gasteiger partial charge in [0.25, 0.3) is 5.91 Å². The number of carbonyl (C=O) groups is 1. The van der Waals surface area contributed by atoms with E-state index in [2.05, 4.69) is 20.6 Å². The highest BCUT2D eigenvalue weighted by Gasteiger charge is 2.21. The molecule has 1 heterocycles. The Labute approximate surface area is 183 Å². The number of rotatable bonds is 6. The Balaban J connectivity index is 1.47. The van der Waals surface area contributed by atoms with Gasteiger partial charge in [0.15, 0.2) is 11.6 Å². The molecule has 0 aliphatic heterocycles. The van der Waals surface area contributed by atoms with Crippen molar-refractivity contribution in [2.45, 2.75) is 43.9 Å². The fourth-order valence-electron chi connectivity index (χ4n) is 3.83. The molecule has 1 aliphatic carbocycles. The van der Waals surface area contributed by atoms with Gasteiger partial charge in [-0.1, -0.05) is 18.2 Å². The van der Waals surface area contributed by atoms with Gasteiger partial charge in [-0.25, -0.2) is 18.7 Å². The minimum absolute atomic E-state index is 0.156. The van der Waals surface area contributed by atoms with Crippen LogP contribution < -0.4 is 10.6 Å². The number of para-hydroxylation sites is 1. The van der Waals surface area contributed by atoms with Crippen LogP contribution in [0.3, 0.4) is 0 Å². The highest BCUT2D eigenvalue weighted by Crippen LogP contribution is 2.23. The van der Waals surface area contributed by atoms with Gasteiger partial charge >= 0.3 is 0 Å². The Bertz CT molecular complexity index is 1120. The predicted octanol–water partition coefficient (Wildman–Crippen LogP) is 3.09. The van der Waals surface area contributed by atoms with Crippen LogP contribution in [0.1, 0.15) is 47.7 Å². The lowest BCUT2D eigenvalue weighted by Gasteiger charge is -2.26. The van der Waals surface area contributed by atoms with Crippen molar-refractivity contribution >= 4 is 22.8 Å². The number of halogens is 2. The van der Waals surface area contributed by atoms with Gasteiger partial charge in [0.05, 0.1) is 23.3 Å². The summed E-state index contributed by atoms with van der Waals surface area (Å²) in [4.78, 5) is 21.6. The summed E-state index contributed by atoms with van der Waals surface area (Å²) in [6.45, 7) is -0.180. The van der Waals surface area contributed by atoms with Crippen LogP contribution in [0.15, 0.2) is 42.6 Å². The number of aliphatic hydroxyl groups is 2. The molecule has 4 N–H and O–H groups in total. The number of hydrogen-bond acceptors (Lipinski definition) is 6. The Hall–Kier alpha value is -3.17. The Morgan fingerprint density at radius 1 is 1.12 bits per heavy atom. The summed E-state index contributed by atoms with van der Waals surface area (Å²) in [5.41, 5.74) is 0.929. The van der Waals surface area contributed by atoms with Gasteiger partial charge in [-0.15, -0.1) is 0 Å². The van der Waals surface area contributed by atoms with Gasteiger partial charge in [0.2, 0.25) is 5.95 Å². The van der Waals surface area contributed by atoms with E-state index in [0.29, 0.717) is 22.4 Å². The zero-order chi connectivity index (χ0) is 22.7. The third-order valence-corrected chi connectivity index (χ3v) is 5.67. The molecule has 1 aromatic heterocycles. The molecular formula is C23H24F2N4O3. The topological polar surface area (TPSA) is 107 Å². The van der Waals surface area contributed by atoms with Gasteiger partial charge in [-0.3, -0.25) is 4.79 Å². The van der Waals surface area contributed by atoms with E-state index in [4.69, 9.17) is 0 Å². The van der Waals surface area contributed by atoms with E-state index in [1.54, 1.807) is 24.4 Å². The first-order chi connectivity index (χ1) is 15.4. The van der Waals surface area contributed by atoms with Crippen LogP contribution >= 0.6 is 0 Å². The maximum Gasteiger partial charge on any atom is 0.253 e. The van der Waals surface area contributed by atoms with Crippen molar-refractivity contribution in [2.24, 2.45) is 0 Å². The van der Waals surface area contributed by atoms with E-state index in [0.717, 1.165) is 37.8 Å². The van der Waals surface area contributed by atoms with E-state index in [9.17, 15) is 23.8 Å². The normalized spacial score (nSPS) is 19.5. The number of hydrogen-bond donors (Lipinski definition) is 4. The lowest BCUT2D eigenvalue weighted by atomic mass is 9.93. The van der Waals surface area contributed by atoms with Gasteiger partial charge in [0.1, 0.15) is 0 Å². The van der Waals surface area contributed by atoms with Gasteiger partial charge in [-0.05, 0) is 49.4 Å². The molecule has 9 heteroatoms. The van der Waals surface area contributed by atoms with E-state index in [1.807, 2.05) is 0 Å². The maximum atomic E-state index is 13.4. The monoisotopic (exact) mass is 442 g/mol. The minimum atomic E-state index is -1.20. The third-order valence-electron chi connectivity index (χ3n) is 5.67. The maximum absolute atomic E-state index is 13.4. The highest BCUT2D eigenvalue weighted by atomic mass is 19.2. The molecule has 1 saturated carbocycles. The summed E-state index contributed by atoms with van der Waals surface area (Å²) in [5.74, 6) is -2.12. The Kier molecular flexibility index (Phi) is 6.57. The van der Waals surface area contributed by atoms with Crippen molar-refractivity contribution in [1.82, 2.24) is 15.3 Å². The molecule has 1 atom stereocenters. The molecule has 1 aliphatic rings. The summed E-state index contributed by atoms with van der Waals surface area (Å²) in [6, 6.07) is 8.38. The van der Waals surface area contributed by atoms with E-state index >= 15 is 0 Å². The largest absolute Gasteiger partial charge is 0.393 e. The van der Waals surface area contributed by atoms with Crippen LogP contribution in [0.4, 0.5) is 14.7 Å². The van der Waals surface area contributed by atoms with Crippen molar-refractivity contribution < 1.29 is 23.8 Å². The molecule has 32 heavy (non-hydrogen) atoms. The minimum Gasteiger partial charge on any atom is -0.393 e. The van der Waals surface area contributed by atoms with Crippen LogP contribution in [0, 0.1) is 11.6 Å². The molecule has 7 nitrogen and oxygen atoms in total. The number of carbonyl (C=O) groups excluding carboxylic acids is 1. The van der Waals surface area contributed by atoms with Crippen LogP contribution in [0.5, 0.6) is 0 Å². The zero-order valence-corrected chi connectivity index (χ0v) is 17.3. The fraction of sp³-hybridized carbons (Fsp3) is 0.348. The SMILES string of the molecule is O=C(NCC(O)c1ccc(F)c(F)c1)c1cccc2cnc(NC3CCC(O)CC3)nc12. The molecule has 1 unspecified atom stereocenters. The second-order valence-corrected chi connectivity index (χ2v) is 7.99. The van der Waals surface area contributed by atoms with E-state index < -0.39 is 23.6 Å². The lowest BCUT2D eigenvalue weighted by Crippen LogP contribution is -2.29. The quantitative estimate of drug-likeness (QED) is 0.467. The van der Waals surface area contributed by atoms with Crippen LogP contribution in [0.25, 0.3) is 10.9 Å². The second-order valence-electron chi connectivity index (χ2n) is 7.99. The second kappa shape index (κ2) is 9.54. The summed E-state index contributed by atoms with van der Waals surface area (Å²) in [6.07, 6.45) is 3.24. The summed E-state index contributed by atoms with van der Waals surface area (Å²) >= 11 is 0. The van der Waals surface area contributed by atoms with E-state index in [-0.39, 0.29) is 24.3 Å². The first-order valence-corrected chi connectivity index (χ1v) is 10.5. The average Bonchev–Trinajstić information content (AvgIpc) is 2.80. The van der Waals surface area contributed by atoms with Crippen molar-refractivity contribution in [3.8, 4) is 0 Å². The average molecular weight is 442 g/mol. The molecule has 168 valence electrons. The standard InChI is InChI=1S/C23H24F2N4O3/c24-18-9-4-13(10-19(18)25)20(31)12-26-22(32)17-3-1-2-14-11-27-23(29-21(14)17)28-15-5-7-16(30)8-6-15/h1-4,9-11,15-16,20,30-31H,5-8,12H2,(H,26,32)(H,27,28,29). The first kappa shape index (κ1) is 22.0. The smallest absolute Gasteiger partial charge is 0.253 e. The number of amides is 1. The summed E-state index contributed by atoms with van der Waals surface area (Å²) < 4.78 is 26.5. The number of benzene rings is 2. The van der Waals surface area contributed by atoms with Gasteiger partial charge in [-0.2, -0.15) is 0 Å². The molecule has 0 spiro atoms. The summed E-state index contributed by atoms with van der Waals surface area (Å²) in [7, 11) is 0. The Morgan fingerprint density at radius 3 is 2.66 bits per heavy atom. The lowest BCUT2D eigenvalue weighted by molar-refractivity contribution is 0.0917. The molecular weight excluding hydrogens is 418 g/mol. The Morgan fingerprint density at radius 2 is 1.91 bits per heavy atom. The molecule has 0 radical (unpaired) electrons. The van der Waals surface area contributed by atoms with Gasteiger partial charge in [0, 0.05) is 24.2 Å². The number of fused-ring (bicyclic) bond motifs is 1. The van der Waals surface area contributed by atoms with Gasteiger partial charge < -0.3 is 20.8 Å². The molecule has 0 saturated heterocycles. The third kappa shape index (κ3) is 5.00. The number of anilines is 1.